The van der Waals surface area contributed by atoms with E-state index in [-0.39, 0.29) is 17.1 Å². The average Bonchev–Trinajstić information content (AvgIpc) is 3.13. The minimum absolute atomic E-state index is 0.0176. The van der Waals surface area contributed by atoms with E-state index in [1.54, 1.807) is 23.7 Å². The van der Waals surface area contributed by atoms with Crippen molar-refractivity contribution in [3.05, 3.63) is 63.7 Å². The minimum atomic E-state index is -0.0727. The second-order valence-corrected chi connectivity index (χ2v) is 8.68. The summed E-state index contributed by atoms with van der Waals surface area (Å²) in [6.07, 6.45) is 4.90. The molecule has 1 aromatic carbocycles. The number of nitrogens with one attached hydrogen (secondary N) is 1. The highest BCUT2D eigenvalue weighted by atomic mass is 32.1. The second-order valence-electron chi connectivity index (χ2n) is 7.90. The van der Waals surface area contributed by atoms with Crippen LogP contribution in [0.2, 0.25) is 0 Å². The lowest BCUT2D eigenvalue weighted by atomic mass is 9.69. The summed E-state index contributed by atoms with van der Waals surface area (Å²) < 4.78 is 0. The van der Waals surface area contributed by atoms with Crippen molar-refractivity contribution in [3.8, 4) is 0 Å². The van der Waals surface area contributed by atoms with Crippen molar-refractivity contribution in [2.45, 2.75) is 32.6 Å². The minimum Gasteiger partial charge on any atom is -0.358 e. The lowest BCUT2D eigenvalue weighted by Gasteiger charge is -2.39. The van der Waals surface area contributed by atoms with Gasteiger partial charge in [-0.1, -0.05) is 13.8 Å². The molecule has 26 heavy (non-hydrogen) atoms. The summed E-state index contributed by atoms with van der Waals surface area (Å²) in [5.41, 5.74) is 6.97. The van der Waals surface area contributed by atoms with Gasteiger partial charge in [0, 0.05) is 47.3 Å². The highest BCUT2D eigenvalue weighted by Crippen LogP contribution is 2.50. The fourth-order valence-electron chi connectivity index (χ4n) is 4.32. The molecule has 1 atom stereocenters. The van der Waals surface area contributed by atoms with Crippen molar-refractivity contribution in [3.63, 3.8) is 0 Å². The summed E-state index contributed by atoms with van der Waals surface area (Å²) in [4.78, 5) is 22.2. The number of thiophene rings is 1. The summed E-state index contributed by atoms with van der Waals surface area (Å²) in [5, 5.41) is 7.78. The maximum atomic E-state index is 13.2. The fourth-order valence-corrected chi connectivity index (χ4v) is 5.01. The molecule has 0 amide bonds. The first-order valence-electron chi connectivity index (χ1n) is 8.82. The topological polar surface area (TPSA) is 54.9 Å². The predicted octanol–water partition coefficient (Wildman–Crippen LogP) is 4.89. The number of fused-ring (bicyclic) bond motifs is 3. The first-order chi connectivity index (χ1) is 12.5. The molecule has 0 fully saturated rings. The third-order valence-corrected chi connectivity index (χ3v) is 6.04. The highest BCUT2D eigenvalue weighted by molar-refractivity contribution is 7.08. The van der Waals surface area contributed by atoms with Crippen LogP contribution in [-0.4, -0.2) is 15.8 Å². The van der Waals surface area contributed by atoms with Crippen LogP contribution in [0.25, 0.3) is 11.0 Å². The Morgan fingerprint density at radius 2 is 2.00 bits per heavy atom. The molecule has 1 N–H and O–H groups in total. The molecule has 2 aliphatic rings. The largest absolute Gasteiger partial charge is 0.358 e. The van der Waals surface area contributed by atoms with E-state index < -0.39 is 0 Å². The van der Waals surface area contributed by atoms with E-state index in [2.05, 4.69) is 52.0 Å². The van der Waals surface area contributed by atoms with Gasteiger partial charge in [-0.15, -0.1) is 0 Å². The molecule has 1 aliphatic heterocycles. The molecule has 5 rings (SSSR count). The number of hydrogen-bond acceptors (Lipinski definition) is 5. The molecule has 3 aromatic rings. The summed E-state index contributed by atoms with van der Waals surface area (Å²) in [5.74, 6) is 0.169. The molecule has 0 radical (unpaired) electrons. The Hall–Kier alpha value is -2.53. The standard InChI is InChI=1S/C21H19N3OS/c1-21(2)9-15-18(16(25)10-21)17(12-5-8-26-11-12)19-13(24-15)3-4-14-20(19)23-7-6-22-14/h3-8,11,17,24H,9-10H2,1-2H3. The Morgan fingerprint density at radius 1 is 1.15 bits per heavy atom. The number of aromatic nitrogens is 2. The van der Waals surface area contributed by atoms with Crippen LogP contribution in [0, 0.1) is 5.41 Å². The van der Waals surface area contributed by atoms with Crippen LogP contribution in [0.5, 0.6) is 0 Å². The van der Waals surface area contributed by atoms with Gasteiger partial charge >= 0.3 is 0 Å². The van der Waals surface area contributed by atoms with E-state index in [1.165, 1.54) is 0 Å². The van der Waals surface area contributed by atoms with Crippen molar-refractivity contribution in [2.24, 2.45) is 5.41 Å². The van der Waals surface area contributed by atoms with Crippen LogP contribution in [0.1, 0.15) is 43.7 Å². The van der Waals surface area contributed by atoms with E-state index in [1.807, 2.05) is 6.07 Å². The van der Waals surface area contributed by atoms with Crippen LogP contribution < -0.4 is 5.32 Å². The van der Waals surface area contributed by atoms with Gasteiger partial charge in [-0.05, 0) is 46.4 Å². The van der Waals surface area contributed by atoms with E-state index in [0.717, 1.165) is 45.5 Å². The van der Waals surface area contributed by atoms with Gasteiger partial charge in [0.2, 0.25) is 0 Å². The van der Waals surface area contributed by atoms with E-state index in [9.17, 15) is 4.79 Å². The SMILES string of the molecule is CC1(C)CC(=O)C2=C(C1)Nc1ccc3nccnc3c1C2c1ccsc1. The molecule has 0 saturated heterocycles. The van der Waals surface area contributed by atoms with Gasteiger partial charge < -0.3 is 5.32 Å². The van der Waals surface area contributed by atoms with Gasteiger partial charge in [0.05, 0.1) is 11.0 Å². The van der Waals surface area contributed by atoms with Crippen LogP contribution in [-0.2, 0) is 4.79 Å². The molecule has 130 valence electrons. The predicted molar refractivity (Wildman–Crippen MR) is 104 cm³/mol. The number of ketones is 1. The quantitative estimate of drug-likeness (QED) is 0.670. The Labute approximate surface area is 156 Å². The van der Waals surface area contributed by atoms with Crippen molar-refractivity contribution < 1.29 is 4.79 Å². The van der Waals surface area contributed by atoms with Crippen molar-refractivity contribution in [1.82, 2.24) is 9.97 Å². The van der Waals surface area contributed by atoms with Crippen LogP contribution >= 0.6 is 11.3 Å². The number of rotatable bonds is 1. The van der Waals surface area contributed by atoms with Crippen LogP contribution in [0.3, 0.4) is 0 Å². The molecule has 1 aliphatic carbocycles. The highest BCUT2D eigenvalue weighted by Gasteiger charge is 2.41. The van der Waals surface area contributed by atoms with Crippen molar-refractivity contribution in [2.75, 3.05) is 5.32 Å². The maximum absolute atomic E-state index is 13.2. The Morgan fingerprint density at radius 3 is 2.81 bits per heavy atom. The Balaban J connectivity index is 1.82. The molecule has 3 heterocycles. The number of allylic oxidation sites excluding steroid dienone is 2. The third-order valence-electron chi connectivity index (χ3n) is 5.34. The summed E-state index contributed by atoms with van der Waals surface area (Å²) in [6, 6.07) is 6.19. The number of nitrogens with zero attached hydrogens (tertiary/aromatic N) is 2. The van der Waals surface area contributed by atoms with Gasteiger partial charge in [-0.2, -0.15) is 11.3 Å². The van der Waals surface area contributed by atoms with Crippen molar-refractivity contribution in [1.29, 1.82) is 0 Å². The lowest BCUT2D eigenvalue weighted by Crippen LogP contribution is -2.33. The number of carbonyl (C=O) groups is 1. The number of anilines is 1. The van der Waals surface area contributed by atoms with Gasteiger partial charge in [0.15, 0.2) is 5.78 Å². The molecular weight excluding hydrogens is 342 g/mol. The number of carbonyl (C=O) groups excluding carboxylic acids is 1. The van der Waals surface area contributed by atoms with E-state index in [4.69, 9.17) is 0 Å². The number of benzene rings is 1. The monoisotopic (exact) mass is 361 g/mol. The summed E-state index contributed by atoms with van der Waals surface area (Å²) in [6.45, 7) is 4.33. The molecule has 0 spiro atoms. The van der Waals surface area contributed by atoms with Gasteiger partial charge in [-0.3, -0.25) is 14.8 Å². The van der Waals surface area contributed by atoms with Crippen molar-refractivity contribution >= 4 is 33.8 Å². The molecular formula is C21H19N3OS. The molecule has 0 saturated carbocycles. The molecule has 4 nitrogen and oxygen atoms in total. The normalized spacial score (nSPS) is 21.3. The lowest BCUT2D eigenvalue weighted by molar-refractivity contribution is -0.118. The Kier molecular flexibility index (Phi) is 3.31. The van der Waals surface area contributed by atoms with E-state index in [0.29, 0.717) is 6.42 Å². The fraction of sp³-hybridized carbons (Fsp3) is 0.286. The van der Waals surface area contributed by atoms with Crippen LogP contribution in [0.4, 0.5) is 5.69 Å². The Bertz CT molecular complexity index is 1070. The summed E-state index contributed by atoms with van der Waals surface area (Å²) in [7, 11) is 0. The zero-order valence-corrected chi connectivity index (χ0v) is 15.6. The van der Waals surface area contributed by atoms with Gasteiger partial charge in [0.25, 0.3) is 0 Å². The van der Waals surface area contributed by atoms with E-state index >= 15 is 0 Å². The number of Topliss-reactive ketones (excluding diaryl/α,β-unsaturated/α-hetero) is 1. The number of hydrogen-bond donors (Lipinski definition) is 1. The van der Waals surface area contributed by atoms with Crippen LogP contribution in [0.15, 0.2) is 52.6 Å². The maximum Gasteiger partial charge on any atom is 0.162 e. The molecule has 0 bridgehead atoms. The molecule has 1 unspecified atom stereocenters. The zero-order chi connectivity index (χ0) is 17.9. The molecule has 5 heteroatoms. The smallest absolute Gasteiger partial charge is 0.162 e. The second kappa shape index (κ2) is 5.48. The first-order valence-corrected chi connectivity index (χ1v) is 9.77. The average molecular weight is 361 g/mol. The molecule has 2 aromatic heterocycles. The summed E-state index contributed by atoms with van der Waals surface area (Å²) >= 11 is 1.66. The zero-order valence-electron chi connectivity index (χ0n) is 14.7. The van der Waals surface area contributed by atoms with Gasteiger partial charge in [-0.25, -0.2) is 0 Å². The van der Waals surface area contributed by atoms with Gasteiger partial charge in [0.1, 0.15) is 0 Å². The third kappa shape index (κ3) is 2.31. The first kappa shape index (κ1) is 15.7.